The third kappa shape index (κ3) is 2.60. The molecule has 23 heavy (non-hydrogen) atoms. The van der Waals surface area contributed by atoms with Crippen molar-refractivity contribution in [3.05, 3.63) is 41.1 Å². The molecule has 0 bridgehead atoms. The first-order chi connectivity index (χ1) is 11.0. The minimum atomic E-state index is -0.182. The van der Waals surface area contributed by atoms with Crippen molar-refractivity contribution < 1.29 is 4.79 Å². The van der Waals surface area contributed by atoms with Crippen molar-refractivity contribution in [1.29, 1.82) is 0 Å². The van der Waals surface area contributed by atoms with E-state index in [2.05, 4.69) is 30.0 Å². The van der Waals surface area contributed by atoms with Crippen LogP contribution in [-0.4, -0.2) is 29.3 Å². The third-order valence-corrected chi connectivity index (χ3v) is 4.74. The highest BCUT2D eigenvalue weighted by Gasteiger charge is 2.31. The molecule has 0 saturated heterocycles. The van der Waals surface area contributed by atoms with E-state index in [1.54, 1.807) is 0 Å². The van der Waals surface area contributed by atoms with Crippen molar-refractivity contribution in [2.75, 3.05) is 24.2 Å². The summed E-state index contributed by atoms with van der Waals surface area (Å²) in [7, 11) is 2.06. The highest BCUT2D eigenvalue weighted by atomic mass is 16.2. The number of hydrogen-bond acceptors (Lipinski definition) is 4. The smallest absolute Gasteiger partial charge is 0.256 e. The van der Waals surface area contributed by atoms with Gasteiger partial charge >= 0.3 is 0 Å². The summed E-state index contributed by atoms with van der Waals surface area (Å²) in [4.78, 5) is 15.3. The molecule has 2 heterocycles. The van der Waals surface area contributed by atoms with Gasteiger partial charge in [-0.15, -0.1) is 0 Å². The van der Waals surface area contributed by atoms with Crippen LogP contribution in [0.5, 0.6) is 0 Å². The number of nitrogen functional groups attached to an aromatic ring is 1. The topological polar surface area (TPSA) is 64.2 Å². The Morgan fingerprint density at radius 2 is 2.13 bits per heavy atom. The molecule has 0 aliphatic carbocycles. The second kappa shape index (κ2) is 6.07. The Balaban J connectivity index is 1.99. The van der Waals surface area contributed by atoms with Crippen LogP contribution in [0, 0.1) is 6.92 Å². The first-order valence-electron chi connectivity index (χ1n) is 8.22. The average Bonchev–Trinajstić information content (AvgIpc) is 2.84. The normalized spacial score (nSPS) is 17.2. The zero-order chi connectivity index (χ0) is 16.6. The fraction of sp³-hybridized carbons (Fsp3) is 0.444. The van der Waals surface area contributed by atoms with Gasteiger partial charge in [-0.2, -0.15) is 9.78 Å². The highest BCUT2D eigenvalue weighted by Crippen LogP contribution is 2.35. The molecule has 5 nitrogen and oxygen atoms in total. The fourth-order valence-electron chi connectivity index (χ4n) is 3.33. The second-order valence-electron chi connectivity index (χ2n) is 6.28. The molecule has 0 radical (unpaired) electrons. The average molecular weight is 312 g/mol. The van der Waals surface area contributed by atoms with Crippen LogP contribution < -0.4 is 10.6 Å². The number of aryl methyl sites for hydroxylation is 1. The summed E-state index contributed by atoms with van der Waals surface area (Å²) in [5, 5.41) is 4.49. The lowest BCUT2D eigenvalue weighted by Crippen LogP contribution is -2.33. The second-order valence-corrected chi connectivity index (χ2v) is 6.28. The van der Waals surface area contributed by atoms with E-state index in [0.717, 1.165) is 48.3 Å². The number of carbonyl (C=O) groups excluding carboxylic acids is 1. The maximum Gasteiger partial charge on any atom is 0.256 e. The summed E-state index contributed by atoms with van der Waals surface area (Å²) >= 11 is 0. The van der Waals surface area contributed by atoms with Crippen LogP contribution in [-0.2, 0) is 6.42 Å². The molecule has 3 rings (SSSR count). The van der Waals surface area contributed by atoms with Gasteiger partial charge in [0.05, 0.1) is 11.6 Å². The van der Waals surface area contributed by atoms with Crippen LogP contribution in [0.4, 0.5) is 11.5 Å². The number of carbonyl (C=O) groups is 1. The molecule has 5 heteroatoms. The number of aromatic nitrogens is 2. The van der Waals surface area contributed by atoms with Crippen molar-refractivity contribution >= 4 is 17.4 Å². The van der Waals surface area contributed by atoms with Gasteiger partial charge in [-0.1, -0.05) is 31.5 Å². The number of fused-ring (bicyclic) bond motifs is 1. The number of anilines is 2. The van der Waals surface area contributed by atoms with E-state index in [4.69, 9.17) is 5.73 Å². The molecule has 2 N–H and O–H groups in total. The largest absolute Gasteiger partial charge is 0.383 e. The van der Waals surface area contributed by atoms with E-state index in [9.17, 15) is 4.79 Å². The quantitative estimate of drug-likeness (QED) is 0.946. The van der Waals surface area contributed by atoms with Crippen LogP contribution in [0.3, 0.4) is 0 Å². The van der Waals surface area contributed by atoms with Crippen molar-refractivity contribution in [2.45, 2.75) is 39.0 Å². The Hall–Kier alpha value is -2.30. The van der Waals surface area contributed by atoms with Crippen LogP contribution in [0.1, 0.15) is 47.3 Å². The molecule has 0 spiro atoms. The summed E-state index contributed by atoms with van der Waals surface area (Å²) in [5.74, 6) is 0.279. The minimum Gasteiger partial charge on any atom is -0.383 e. The van der Waals surface area contributed by atoms with E-state index in [0.29, 0.717) is 5.82 Å². The molecule has 0 amide bonds. The molecule has 0 saturated carbocycles. The number of rotatable bonds is 3. The van der Waals surface area contributed by atoms with Crippen molar-refractivity contribution in [2.24, 2.45) is 0 Å². The molecule has 1 aromatic carbocycles. The van der Waals surface area contributed by atoms with E-state index in [1.165, 1.54) is 4.68 Å². The van der Waals surface area contributed by atoms with E-state index < -0.39 is 0 Å². The molecule has 1 aliphatic rings. The van der Waals surface area contributed by atoms with Crippen molar-refractivity contribution in [3.63, 3.8) is 0 Å². The summed E-state index contributed by atoms with van der Waals surface area (Å²) in [6.07, 6.45) is 2.62. The van der Waals surface area contributed by atoms with Gasteiger partial charge in [0.2, 0.25) is 0 Å². The maximum absolute atomic E-state index is 13.1. The highest BCUT2D eigenvalue weighted by molar-refractivity contribution is 5.90. The van der Waals surface area contributed by atoms with Crippen LogP contribution in [0.2, 0.25) is 0 Å². The zero-order valence-electron chi connectivity index (χ0n) is 14.0. The maximum atomic E-state index is 13.1. The molecular formula is C18H24N4O. The Bertz CT molecular complexity index is 735. The lowest BCUT2D eigenvalue weighted by molar-refractivity contribution is 0.0858. The van der Waals surface area contributed by atoms with Gasteiger partial charge < -0.3 is 10.6 Å². The Kier molecular flexibility index (Phi) is 4.11. The SMILES string of the molecule is CCCc1nn(C(=O)C2CCN(C)c3ccccc32)c(N)c1C. The monoisotopic (exact) mass is 312 g/mol. The predicted molar refractivity (Wildman–Crippen MR) is 93.1 cm³/mol. The standard InChI is InChI=1S/C18H24N4O/c1-4-7-15-12(2)17(19)22(20-15)18(23)14-10-11-21(3)16-9-6-5-8-13(14)16/h5-6,8-9,14H,4,7,10-11,19H2,1-3H3. The van der Waals surface area contributed by atoms with Gasteiger partial charge in [0.15, 0.2) is 0 Å². The molecule has 1 atom stereocenters. The first-order valence-corrected chi connectivity index (χ1v) is 8.22. The number of nitrogens with zero attached hydrogens (tertiary/aromatic N) is 3. The van der Waals surface area contributed by atoms with E-state index >= 15 is 0 Å². The lowest BCUT2D eigenvalue weighted by Gasteiger charge is -2.32. The van der Waals surface area contributed by atoms with Crippen LogP contribution in [0.25, 0.3) is 0 Å². The van der Waals surface area contributed by atoms with Gasteiger partial charge in [-0.25, -0.2) is 0 Å². The fourth-order valence-corrected chi connectivity index (χ4v) is 3.33. The summed E-state index contributed by atoms with van der Waals surface area (Å²) in [6, 6.07) is 8.09. The molecule has 2 aromatic rings. The van der Waals surface area contributed by atoms with Gasteiger partial charge in [-0.05, 0) is 31.4 Å². The van der Waals surface area contributed by atoms with Gasteiger partial charge in [0.1, 0.15) is 5.82 Å². The van der Waals surface area contributed by atoms with Gasteiger partial charge in [0, 0.05) is 24.8 Å². The molecule has 1 unspecified atom stereocenters. The summed E-state index contributed by atoms with van der Waals surface area (Å²) in [5.41, 5.74) is 10.2. The third-order valence-electron chi connectivity index (χ3n) is 4.74. The number of hydrogen-bond donors (Lipinski definition) is 1. The molecule has 1 aromatic heterocycles. The molecular weight excluding hydrogens is 288 g/mol. The van der Waals surface area contributed by atoms with Crippen LogP contribution >= 0.6 is 0 Å². The van der Waals surface area contributed by atoms with Crippen LogP contribution in [0.15, 0.2) is 24.3 Å². The minimum absolute atomic E-state index is 0.0199. The molecule has 1 aliphatic heterocycles. The van der Waals surface area contributed by atoms with Gasteiger partial charge in [0.25, 0.3) is 5.91 Å². The Morgan fingerprint density at radius 1 is 1.39 bits per heavy atom. The van der Waals surface area contributed by atoms with Crippen molar-refractivity contribution in [1.82, 2.24) is 9.78 Å². The number of para-hydroxylation sites is 1. The Labute approximate surface area is 137 Å². The Morgan fingerprint density at radius 3 is 2.87 bits per heavy atom. The molecule has 0 fully saturated rings. The number of benzene rings is 1. The predicted octanol–water partition coefficient (Wildman–Crippen LogP) is 2.99. The lowest BCUT2D eigenvalue weighted by atomic mass is 9.89. The summed E-state index contributed by atoms with van der Waals surface area (Å²) in [6.45, 7) is 4.90. The zero-order valence-corrected chi connectivity index (χ0v) is 14.0. The number of nitrogens with two attached hydrogens (primary N) is 1. The first kappa shape index (κ1) is 15.6. The van der Waals surface area contributed by atoms with E-state index in [-0.39, 0.29) is 11.8 Å². The van der Waals surface area contributed by atoms with E-state index in [1.807, 2.05) is 25.1 Å². The van der Waals surface area contributed by atoms with Crippen molar-refractivity contribution in [3.8, 4) is 0 Å². The summed E-state index contributed by atoms with van der Waals surface area (Å²) < 4.78 is 1.42. The molecule has 122 valence electrons. The van der Waals surface area contributed by atoms with Gasteiger partial charge in [-0.3, -0.25) is 4.79 Å².